The van der Waals surface area contributed by atoms with Gasteiger partial charge in [0.1, 0.15) is 11.5 Å². The van der Waals surface area contributed by atoms with Gasteiger partial charge in [0.15, 0.2) is 6.10 Å². The number of benzene rings is 2. The van der Waals surface area contributed by atoms with Crippen molar-refractivity contribution in [3.63, 3.8) is 0 Å². The fourth-order valence-electron chi connectivity index (χ4n) is 3.38. The number of hydrogen-bond donors (Lipinski definition) is 2. The first-order valence-corrected chi connectivity index (χ1v) is 8.96. The number of carboxylic acid groups (broad SMARTS) is 1. The summed E-state index contributed by atoms with van der Waals surface area (Å²) >= 11 is 0. The zero-order valence-corrected chi connectivity index (χ0v) is 15.1. The summed E-state index contributed by atoms with van der Waals surface area (Å²) in [5, 5.41) is 20.3. The second-order valence-electron chi connectivity index (χ2n) is 6.55. The highest BCUT2D eigenvalue weighted by molar-refractivity contribution is 5.84. The molecule has 0 fully saturated rings. The molecule has 0 radical (unpaired) electrons. The number of ether oxygens (including phenoxy) is 2. The molecule has 138 valence electrons. The van der Waals surface area contributed by atoms with Crippen molar-refractivity contribution in [2.24, 2.45) is 0 Å². The zero-order valence-electron chi connectivity index (χ0n) is 15.1. The Morgan fingerprint density at radius 1 is 1.31 bits per heavy atom. The number of carbonyl (C=O) groups is 1. The Bertz CT molecular complexity index is 812. The fourth-order valence-corrected chi connectivity index (χ4v) is 3.38. The van der Waals surface area contributed by atoms with E-state index in [1.54, 1.807) is 12.1 Å². The van der Waals surface area contributed by atoms with Crippen LogP contribution in [-0.4, -0.2) is 29.4 Å². The summed E-state index contributed by atoms with van der Waals surface area (Å²) in [6.07, 6.45) is 1.44. The lowest BCUT2D eigenvalue weighted by Gasteiger charge is -2.23. The highest BCUT2D eigenvalue weighted by Crippen LogP contribution is 2.41. The first kappa shape index (κ1) is 18.3. The number of aryl methyl sites for hydroxylation is 2. The average Bonchev–Trinajstić information content (AvgIpc) is 2.64. The molecule has 1 unspecified atom stereocenters. The Morgan fingerprint density at radius 2 is 2.12 bits per heavy atom. The molecule has 1 atom stereocenters. The SMILES string of the molecule is CCCOC(C(=O)O)c1c(C)ccc(O)c1-c1ccc2c(c1)CCCO2. The van der Waals surface area contributed by atoms with E-state index in [4.69, 9.17) is 9.47 Å². The molecule has 1 aliphatic rings. The number of phenols is 1. The van der Waals surface area contributed by atoms with Crippen molar-refractivity contribution < 1.29 is 24.5 Å². The second kappa shape index (κ2) is 7.79. The lowest BCUT2D eigenvalue weighted by Crippen LogP contribution is -2.18. The van der Waals surface area contributed by atoms with Crippen LogP contribution in [-0.2, 0) is 16.0 Å². The molecular formula is C21H24O5. The number of hydrogen-bond acceptors (Lipinski definition) is 4. The predicted octanol–water partition coefficient (Wildman–Crippen LogP) is 4.24. The Morgan fingerprint density at radius 3 is 2.85 bits per heavy atom. The molecule has 0 amide bonds. The van der Waals surface area contributed by atoms with Crippen molar-refractivity contribution in [1.29, 1.82) is 0 Å². The molecule has 0 aliphatic carbocycles. The van der Waals surface area contributed by atoms with E-state index in [2.05, 4.69) is 0 Å². The zero-order chi connectivity index (χ0) is 18.7. The fraction of sp³-hybridized carbons (Fsp3) is 0.381. The van der Waals surface area contributed by atoms with Gasteiger partial charge in [-0.2, -0.15) is 0 Å². The van der Waals surface area contributed by atoms with Gasteiger partial charge in [-0.25, -0.2) is 4.79 Å². The third-order valence-corrected chi connectivity index (χ3v) is 4.61. The quantitative estimate of drug-likeness (QED) is 0.809. The molecule has 1 aliphatic heterocycles. The molecular weight excluding hydrogens is 332 g/mol. The minimum atomic E-state index is -1.12. The van der Waals surface area contributed by atoms with Crippen LogP contribution in [0.2, 0.25) is 0 Å². The summed E-state index contributed by atoms with van der Waals surface area (Å²) in [4.78, 5) is 11.9. The van der Waals surface area contributed by atoms with Gasteiger partial charge >= 0.3 is 5.97 Å². The van der Waals surface area contributed by atoms with E-state index in [1.807, 2.05) is 32.0 Å². The number of aromatic hydroxyl groups is 1. The third-order valence-electron chi connectivity index (χ3n) is 4.61. The van der Waals surface area contributed by atoms with E-state index in [9.17, 15) is 15.0 Å². The Labute approximate surface area is 153 Å². The Kier molecular flexibility index (Phi) is 5.47. The summed E-state index contributed by atoms with van der Waals surface area (Å²) < 4.78 is 11.3. The molecule has 2 N–H and O–H groups in total. The average molecular weight is 356 g/mol. The van der Waals surface area contributed by atoms with Crippen molar-refractivity contribution in [3.05, 3.63) is 47.0 Å². The molecule has 2 aromatic carbocycles. The smallest absolute Gasteiger partial charge is 0.337 e. The maximum absolute atomic E-state index is 11.9. The van der Waals surface area contributed by atoms with Gasteiger partial charge < -0.3 is 19.7 Å². The third kappa shape index (κ3) is 3.53. The number of carboxylic acids is 1. The van der Waals surface area contributed by atoms with Crippen molar-refractivity contribution >= 4 is 5.97 Å². The standard InChI is InChI=1S/C21H24O5/c1-3-10-26-20(21(23)24)18-13(2)6-8-16(22)19(18)15-7-9-17-14(12-15)5-4-11-25-17/h6-9,12,20,22H,3-5,10-11H2,1-2H3,(H,23,24). The normalized spacial score (nSPS) is 14.4. The second-order valence-corrected chi connectivity index (χ2v) is 6.55. The summed E-state index contributed by atoms with van der Waals surface area (Å²) in [6, 6.07) is 9.05. The number of fused-ring (bicyclic) bond motifs is 1. The lowest BCUT2D eigenvalue weighted by molar-refractivity contribution is -0.150. The lowest BCUT2D eigenvalue weighted by atomic mass is 9.89. The number of phenolic OH excluding ortho intramolecular Hbond substituents is 1. The maximum atomic E-state index is 11.9. The van der Waals surface area contributed by atoms with E-state index in [0.29, 0.717) is 30.8 Å². The maximum Gasteiger partial charge on any atom is 0.337 e. The van der Waals surface area contributed by atoms with Gasteiger partial charge in [-0.1, -0.05) is 19.1 Å². The van der Waals surface area contributed by atoms with Crippen molar-refractivity contribution in [1.82, 2.24) is 0 Å². The van der Waals surface area contributed by atoms with E-state index in [1.165, 1.54) is 0 Å². The van der Waals surface area contributed by atoms with Crippen molar-refractivity contribution in [2.75, 3.05) is 13.2 Å². The molecule has 5 nitrogen and oxygen atoms in total. The van der Waals surface area contributed by atoms with Crippen LogP contribution < -0.4 is 4.74 Å². The molecule has 2 aromatic rings. The van der Waals surface area contributed by atoms with Crippen LogP contribution in [0.15, 0.2) is 30.3 Å². The van der Waals surface area contributed by atoms with Crippen LogP contribution >= 0.6 is 0 Å². The molecule has 0 saturated heterocycles. The van der Waals surface area contributed by atoms with Crippen LogP contribution in [0.5, 0.6) is 11.5 Å². The molecule has 3 rings (SSSR count). The van der Waals surface area contributed by atoms with Gasteiger partial charge in [-0.3, -0.25) is 0 Å². The summed E-state index contributed by atoms with van der Waals surface area (Å²) in [7, 11) is 0. The molecule has 0 spiro atoms. The van der Waals surface area contributed by atoms with Crippen LogP contribution in [0.25, 0.3) is 11.1 Å². The van der Waals surface area contributed by atoms with E-state index < -0.39 is 12.1 Å². The Hall–Kier alpha value is -2.53. The monoisotopic (exact) mass is 356 g/mol. The minimum absolute atomic E-state index is 0.0497. The molecule has 26 heavy (non-hydrogen) atoms. The van der Waals surface area contributed by atoms with Gasteiger partial charge in [-0.05, 0) is 61.1 Å². The summed E-state index contributed by atoms with van der Waals surface area (Å²) in [5.41, 5.74) is 3.64. The first-order chi connectivity index (χ1) is 12.5. The van der Waals surface area contributed by atoms with Gasteiger partial charge in [0.25, 0.3) is 0 Å². The number of rotatable bonds is 6. The Balaban J connectivity index is 2.15. The molecule has 0 bridgehead atoms. The molecule has 1 heterocycles. The van der Waals surface area contributed by atoms with E-state index >= 15 is 0 Å². The number of aliphatic carboxylic acids is 1. The highest BCUT2D eigenvalue weighted by atomic mass is 16.5. The molecule has 0 saturated carbocycles. The van der Waals surface area contributed by atoms with Crippen molar-refractivity contribution in [3.8, 4) is 22.6 Å². The largest absolute Gasteiger partial charge is 0.507 e. The van der Waals surface area contributed by atoms with E-state index in [0.717, 1.165) is 35.3 Å². The summed E-state index contributed by atoms with van der Waals surface area (Å²) in [6.45, 7) is 4.81. The predicted molar refractivity (Wildman–Crippen MR) is 98.7 cm³/mol. The van der Waals surface area contributed by atoms with Crippen molar-refractivity contribution in [2.45, 2.75) is 39.2 Å². The molecule has 5 heteroatoms. The van der Waals surface area contributed by atoms with Gasteiger partial charge in [-0.15, -0.1) is 0 Å². The first-order valence-electron chi connectivity index (χ1n) is 8.96. The minimum Gasteiger partial charge on any atom is -0.507 e. The molecule has 0 aromatic heterocycles. The summed E-state index contributed by atoms with van der Waals surface area (Å²) in [5.74, 6) is -0.158. The van der Waals surface area contributed by atoms with Crippen LogP contribution in [0.3, 0.4) is 0 Å². The highest BCUT2D eigenvalue weighted by Gasteiger charge is 2.28. The van der Waals surface area contributed by atoms with Gasteiger partial charge in [0.2, 0.25) is 0 Å². The van der Waals surface area contributed by atoms with Crippen LogP contribution in [0, 0.1) is 6.92 Å². The van der Waals surface area contributed by atoms with Gasteiger partial charge in [0.05, 0.1) is 6.61 Å². The topological polar surface area (TPSA) is 76.0 Å². The van der Waals surface area contributed by atoms with E-state index in [-0.39, 0.29) is 5.75 Å². The van der Waals surface area contributed by atoms with Crippen LogP contribution in [0.4, 0.5) is 0 Å². The van der Waals surface area contributed by atoms with Crippen LogP contribution in [0.1, 0.15) is 42.6 Å². The van der Waals surface area contributed by atoms with Gasteiger partial charge in [0, 0.05) is 17.7 Å².